The monoisotopic (exact) mass is 428 g/mol. The van der Waals surface area contributed by atoms with Crippen LogP contribution in [-0.2, 0) is 22.3 Å². The number of halogens is 1. The van der Waals surface area contributed by atoms with E-state index in [2.05, 4.69) is 26.0 Å². The second-order valence-electron chi connectivity index (χ2n) is 6.09. The second-order valence-corrected chi connectivity index (χ2v) is 8.63. The molecule has 0 saturated heterocycles. The van der Waals surface area contributed by atoms with E-state index < -0.39 is 10.0 Å². The molecule has 6 nitrogen and oxygen atoms in total. The molecule has 1 heterocycles. The number of aryl methyl sites for hydroxylation is 1. The van der Waals surface area contributed by atoms with Crippen molar-refractivity contribution in [3.63, 3.8) is 0 Å². The minimum atomic E-state index is -3.35. The number of rotatable bonds is 7. The highest BCUT2D eigenvalue weighted by molar-refractivity contribution is 9.10. The Labute approximate surface area is 156 Å². The molecule has 0 aliphatic carbocycles. The van der Waals surface area contributed by atoms with Gasteiger partial charge in [0.05, 0.1) is 5.75 Å². The molecule has 2 aromatic rings. The molecule has 0 aliphatic rings. The maximum Gasteiger partial charge on any atom is 0.287 e. The lowest BCUT2D eigenvalue weighted by atomic mass is 10.1. The number of amides is 1. The molecule has 8 heteroatoms. The minimum absolute atomic E-state index is 0.0720. The van der Waals surface area contributed by atoms with Crippen LogP contribution in [0.25, 0.3) is 0 Å². The van der Waals surface area contributed by atoms with Crippen molar-refractivity contribution in [1.29, 1.82) is 0 Å². The number of nitrogens with one attached hydrogen (secondary N) is 2. The summed E-state index contributed by atoms with van der Waals surface area (Å²) in [6.07, 6.45) is 0. The predicted octanol–water partition coefficient (Wildman–Crippen LogP) is 3.11. The SMILES string of the molecule is Cc1cc(Br)oc1C(=O)NCc1ccc(CS(=O)(=O)NC(C)C)cc1. The summed E-state index contributed by atoms with van der Waals surface area (Å²) >= 11 is 3.19. The Morgan fingerprint density at radius 3 is 2.32 bits per heavy atom. The van der Waals surface area contributed by atoms with E-state index in [1.165, 1.54) is 0 Å². The molecule has 1 aromatic heterocycles. The molecule has 0 spiro atoms. The highest BCUT2D eigenvalue weighted by atomic mass is 79.9. The molecule has 1 amide bonds. The van der Waals surface area contributed by atoms with Crippen LogP contribution in [0.4, 0.5) is 0 Å². The van der Waals surface area contributed by atoms with Crippen LogP contribution in [0.2, 0.25) is 0 Å². The summed E-state index contributed by atoms with van der Waals surface area (Å²) in [4.78, 5) is 12.1. The maximum absolute atomic E-state index is 12.1. The number of benzene rings is 1. The summed E-state index contributed by atoms with van der Waals surface area (Å²) in [5, 5.41) is 2.78. The van der Waals surface area contributed by atoms with Crippen LogP contribution in [-0.4, -0.2) is 20.4 Å². The van der Waals surface area contributed by atoms with Crippen molar-refractivity contribution in [2.24, 2.45) is 0 Å². The van der Waals surface area contributed by atoms with Gasteiger partial charge in [-0.25, -0.2) is 13.1 Å². The van der Waals surface area contributed by atoms with E-state index in [0.717, 1.165) is 11.1 Å². The van der Waals surface area contributed by atoms with Gasteiger partial charge in [-0.05, 0) is 53.9 Å². The number of furan rings is 1. The number of sulfonamides is 1. The fourth-order valence-electron chi connectivity index (χ4n) is 2.30. The second kappa shape index (κ2) is 8.16. The summed E-state index contributed by atoms with van der Waals surface area (Å²) in [7, 11) is -3.35. The quantitative estimate of drug-likeness (QED) is 0.708. The molecule has 136 valence electrons. The van der Waals surface area contributed by atoms with Gasteiger partial charge in [-0.2, -0.15) is 0 Å². The number of carbonyl (C=O) groups is 1. The largest absolute Gasteiger partial charge is 0.444 e. The molecular formula is C17H21BrN2O4S. The lowest BCUT2D eigenvalue weighted by Crippen LogP contribution is -2.31. The maximum atomic E-state index is 12.1. The first-order valence-corrected chi connectivity index (χ1v) is 10.2. The molecule has 2 N–H and O–H groups in total. The molecule has 2 rings (SSSR count). The van der Waals surface area contributed by atoms with Crippen LogP contribution in [0.15, 0.2) is 39.4 Å². The van der Waals surface area contributed by atoms with Crippen molar-refractivity contribution in [2.45, 2.75) is 39.1 Å². The molecule has 0 radical (unpaired) electrons. The molecule has 0 unspecified atom stereocenters. The molecule has 0 aliphatic heterocycles. The Bertz CT molecular complexity index is 842. The van der Waals surface area contributed by atoms with E-state index in [4.69, 9.17) is 4.42 Å². The first-order valence-electron chi connectivity index (χ1n) is 7.78. The lowest BCUT2D eigenvalue weighted by molar-refractivity contribution is 0.0921. The molecule has 0 bridgehead atoms. The van der Waals surface area contributed by atoms with E-state index >= 15 is 0 Å². The third-order valence-electron chi connectivity index (χ3n) is 3.34. The molecule has 0 saturated carbocycles. The summed E-state index contributed by atoms with van der Waals surface area (Å²) in [6.45, 7) is 5.68. The van der Waals surface area contributed by atoms with E-state index in [1.807, 2.05) is 0 Å². The van der Waals surface area contributed by atoms with E-state index in [1.54, 1.807) is 51.1 Å². The van der Waals surface area contributed by atoms with Gasteiger partial charge in [0, 0.05) is 18.2 Å². The third-order valence-corrected chi connectivity index (χ3v) is 5.28. The minimum Gasteiger partial charge on any atom is -0.444 e. The predicted molar refractivity (Wildman–Crippen MR) is 99.7 cm³/mol. The number of carbonyl (C=O) groups excluding carboxylic acids is 1. The van der Waals surface area contributed by atoms with Crippen LogP contribution in [0.5, 0.6) is 0 Å². The summed E-state index contributed by atoms with van der Waals surface area (Å²) < 4.78 is 32.2. The highest BCUT2D eigenvalue weighted by Crippen LogP contribution is 2.19. The van der Waals surface area contributed by atoms with Gasteiger partial charge in [0.1, 0.15) is 0 Å². The van der Waals surface area contributed by atoms with Crippen molar-refractivity contribution >= 4 is 31.9 Å². The fourth-order valence-corrected chi connectivity index (χ4v) is 4.24. The van der Waals surface area contributed by atoms with Gasteiger partial charge in [-0.15, -0.1) is 0 Å². The van der Waals surface area contributed by atoms with Crippen LogP contribution >= 0.6 is 15.9 Å². The zero-order valence-electron chi connectivity index (χ0n) is 14.3. The Morgan fingerprint density at radius 1 is 1.20 bits per heavy atom. The van der Waals surface area contributed by atoms with Crippen LogP contribution in [0, 0.1) is 6.92 Å². The van der Waals surface area contributed by atoms with Crippen LogP contribution in [0.3, 0.4) is 0 Å². The third kappa shape index (κ3) is 5.98. The zero-order valence-corrected chi connectivity index (χ0v) is 16.7. The average molecular weight is 429 g/mol. The van der Waals surface area contributed by atoms with Gasteiger partial charge in [0.15, 0.2) is 10.4 Å². The van der Waals surface area contributed by atoms with Gasteiger partial charge in [-0.1, -0.05) is 24.3 Å². The molecule has 25 heavy (non-hydrogen) atoms. The molecular weight excluding hydrogens is 408 g/mol. The first kappa shape index (κ1) is 19.7. The van der Waals surface area contributed by atoms with Gasteiger partial charge >= 0.3 is 0 Å². The Hall–Kier alpha value is -1.64. The van der Waals surface area contributed by atoms with E-state index in [9.17, 15) is 13.2 Å². The lowest BCUT2D eigenvalue weighted by Gasteiger charge is -2.10. The van der Waals surface area contributed by atoms with Crippen molar-refractivity contribution in [3.8, 4) is 0 Å². The summed E-state index contributed by atoms with van der Waals surface area (Å²) in [6, 6.07) is 8.68. The average Bonchev–Trinajstić information content (AvgIpc) is 2.83. The zero-order chi connectivity index (χ0) is 18.6. The first-order chi connectivity index (χ1) is 11.7. The summed E-state index contributed by atoms with van der Waals surface area (Å²) in [5.41, 5.74) is 2.31. The van der Waals surface area contributed by atoms with Crippen molar-refractivity contribution in [2.75, 3.05) is 0 Å². The van der Waals surface area contributed by atoms with Gasteiger partial charge in [0.2, 0.25) is 10.0 Å². The normalized spacial score (nSPS) is 11.7. The standard InChI is InChI=1S/C17H21BrN2O4S/c1-11(2)20-25(22,23)10-14-6-4-13(5-7-14)9-19-17(21)16-12(3)8-15(18)24-16/h4-8,11,20H,9-10H2,1-3H3,(H,19,21). The van der Waals surface area contributed by atoms with Crippen molar-refractivity contribution in [1.82, 2.24) is 10.0 Å². The topological polar surface area (TPSA) is 88.4 Å². The molecule has 0 atom stereocenters. The number of hydrogen-bond donors (Lipinski definition) is 2. The fraction of sp³-hybridized carbons (Fsp3) is 0.353. The van der Waals surface area contributed by atoms with Gasteiger partial charge in [0.25, 0.3) is 5.91 Å². The Balaban J connectivity index is 1.94. The Kier molecular flexibility index (Phi) is 6.42. The molecule has 0 fully saturated rings. The smallest absolute Gasteiger partial charge is 0.287 e. The van der Waals surface area contributed by atoms with Gasteiger partial charge in [-0.3, -0.25) is 4.79 Å². The summed E-state index contributed by atoms with van der Waals surface area (Å²) in [5.74, 6) is -0.0948. The van der Waals surface area contributed by atoms with E-state index in [-0.39, 0.29) is 23.5 Å². The van der Waals surface area contributed by atoms with Crippen LogP contribution < -0.4 is 10.0 Å². The van der Waals surface area contributed by atoms with Crippen molar-refractivity contribution in [3.05, 3.63) is 57.5 Å². The van der Waals surface area contributed by atoms with Crippen molar-refractivity contribution < 1.29 is 17.6 Å². The molecule has 1 aromatic carbocycles. The van der Waals surface area contributed by atoms with Gasteiger partial charge < -0.3 is 9.73 Å². The highest BCUT2D eigenvalue weighted by Gasteiger charge is 2.15. The van der Waals surface area contributed by atoms with E-state index in [0.29, 0.717) is 16.8 Å². The Morgan fingerprint density at radius 2 is 1.80 bits per heavy atom. The number of hydrogen-bond acceptors (Lipinski definition) is 4. The van der Waals surface area contributed by atoms with Crippen LogP contribution in [0.1, 0.15) is 41.1 Å².